The number of rotatable bonds is 15. The number of methoxy groups -OCH3 is 2. The number of carbonyl (C=O) groups excluding carboxylic acids is 2. The standard InChI is InChI=1S/C47H72N2O11Si/c1-32-18-23-38(54-30-34-19-21-37(53-12)22-20-34)42-39(58-47(9,10)59-42)17-15-16-35-28-36(29-40(55-31-52-11)41(35)43(50)57-33(32)2)49(44(51)60-45(3,4)5)26-24-48-25-27-56-61(13,14)46(6,7)8/h15-16,18-23,28-29,32-33,38-39,42,48H,17,24-27,30-31H2,1-14H3/t32-,33+,38-,39+,42-/m1/s1. The van der Waals surface area contributed by atoms with Crippen LogP contribution in [0, 0.1) is 5.92 Å². The van der Waals surface area contributed by atoms with E-state index in [0.717, 1.165) is 11.3 Å². The van der Waals surface area contributed by atoms with E-state index in [2.05, 4.69) is 39.2 Å². The fourth-order valence-corrected chi connectivity index (χ4v) is 7.57. The minimum absolute atomic E-state index is 0.0993. The molecule has 0 aliphatic carbocycles. The van der Waals surface area contributed by atoms with E-state index in [1.807, 2.05) is 97.0 Å². The van der Waals surface area contributed by atoms with E-state index in [1.54, 1.807) is 24.1 Å². The van der Waals surface area contributed by atoms with Crippen LogP contribution in [0.4, 0.5) is 10.5 Å². The molecule has 0 aromatic heterocycles. The minimum atomic E-state index is -1.91. The zero-order chi connectivity index (χ0) is 45.2. The molecule has 2 aliphatic rings. The Morgan fingerprint density at radius 3 is 2.33 bits per heavy atom. The molecule has 4 rings (SSSR count). The van der Waals surface area contributed by atoms with E-state index in [0.29, 0.717) is 44.0 Å². The van der Waals surface area contributed by atoms with Crippen LogP contribution in [0.1, 0.15) is 97.1 Å². The number of nitrogens with one attached hydrogen (secondary N) is 1. The smallest absolute Gasteiger partial charge is 0.414 e. The number of benzene rings is 2. The summed E-state index contributed by atoms with van der Waals surface area (Å²) in [6, 6.07) is 11.2. The molecule has 1 saturated heterocycles. The van der Waals surface area contributed by atoms with Crippen LogP contribution in [0.2, 0.25) is 18.1 Å². The molecule has 1 N–H and O–H groups in total. The largest absolute Gasteiger partial charge is 0.497 e. The molecule has 0 radical (unpaired) electrons. The average Bonchev–Trinajstić information content (AvgIpc) is 3.48. The first kappa shape index (κ1) is 49.9. The van der Waals surface area contributed by atoms with Gasteiger partial charge in [-0.3, -0.25) is 4.90 Å². The van der Waals surface area contributed by atoms with Crippen LogP contribution in [0.5, 0.6) is 11.5 Å². The molecular formula is C47H72N2O11Si. The number of cyclic esters (lactones) is 1. The Morgan fingerprint density at radius 1 is 0.984 bits per heavy atom. The zero-order valence-electron chi connectivity index (χ0n) is 39.0. The maximum absolute atomic E-state index is 14.3. The monoisotopic (exact) mass is 868 g/mol. The lowest BCUT2D eigenvalue weighted by atomic mass is 9.98. The molecule has 61 heavy (non-hydrogen) atoms. The van der Waals surface area contributed by atoms with Crippen LogP contribution in [0.25, 0.3) is 6.08 Å². The van der Waals surface area contributed by atoms with Crippen molar-refractivity contribution >= 4 is 32.1 Å². The Bertz CT molecular complexity index is 1800. The molecule has 0 spiro atoms. The minimum Gasteiger partial charge on any atom is -0.497 e. The number of esters is 1. The highest BCUT2D eigenvalue weighted by molar-refractivity contribution is 6.74. The molecule has 2 aromatic carbocycles. The van der Waals surface area contributed by atoms with Gasteiger partial charge in [-0.25, -0.2) is 9.59 Å². The number of nitrogens with zero attached hydrogens (tertiary/aromatic N) is 1. The van der Waals surface area contributed by atoms with Gasteiger partial charge in [-0.2, -0.15) is 0 Å². The molecule has 13 nitrogen and oxygen atoms in total. The highest BCUT2D eigenvalue weighted by Crippen LogP contribution is 2.38. The van der Waals surface area contributed by atoms with E-state index in [-0.39, 0.29) is 35.6 Å². The molecule has 2 aliphatic heterocycles. The van der Waals surface area contributed by atoms with Gasteiger partial charge in [0.25, 0.3) is 0 Å². The predicted molar refractivity (Wildman–Crippen MR) is 241 cm³/mol. The van der Waals surface area contributed by atoms with Crippen LogP contribution in [-0.2, 0) is 39.5 Å². The summed E-state index contributed by atoms with van der Waals surface area (Å²) in [5.74, 6) is -0.713. The highest BCUT2D eigenvalue weighted by Gasteiger charge is 2.45. The lowest BCUT2D eigenvalue weighted by Gasteiger charge is -2.36. The maximum Gasteiger partial charge on any atom is 0.414 e. The van der Waals surface area contributed by atoms with Gasteiger partial charge in [0.1, 0.15) is 41.0 Å². The van der Waals surface area contributed by atoms with Crippen LogP contribution in [0.15, 0.2) is 54.6 Å². The molecule has 1 fully saturated rings. The maximum atomic E-state index is 14.3. The third kappa shape index (κ3) is 14.7. The summed E-state index contributed by atoms with van der Waals surface area (Å²) in [5.41, 5.74) is 1.35. The van der Waals surface area contributed by atoms with E-state index < -0.39 is 56.2 Å². The second kappa shape index (κ2) is 21.5. The number of fused-ring (bicyclic) bond motifs is 2. The van der Waals surface area contributed by atoms with Gasteiger partial charge in [0, 0.05) is 45.3 Å². The van der Waals surface area contributed by atoms with Crippen LogP contribution >= 0.6 is 0 Å². The van der Waals surface area contributed by atoms with Crippen molar-refractivity contribution < 1.29 is 51.9 Å². The van der Waals surface area contributed by atoms with Crippen molar-refractivity contribution in [1.29, 1.82) is 0 Å². The lowest BCUT2D eigenvalue weighted by molar-refractivity contribution is -0.156. The third-order valence-electron chi connectivity index (χ3n) is 11.1. The third-order valence-corrected chi connectivity index (χ3v) is 15.6. The van der Waals surface area contributed by atoms with E-state index >= 15 is 0 Å². The fraction of sp³-hybridized carbons (Fsp3) is 0.617. The van der Waals surface area contributed by atoms with E-state index in [9.17, 15) is 9.59 Å². The number of carbonyl (C=O) groups is 2. The Labute approximate surface area is 365 Å². The first-order chi connectivity index (χ1) is 28.5. The van der Waals surface area contributed by atoms with Gasteiger partial charge < -0.3 is 47.6 Å². The van der Waals surface area contributed by atoms with Crippen molar-refractivity contribution in [1.82, 2.24) is 5.32 Å². The Hall–Kier alpha value is -3.76. The van der Waals surface area contributed by atoms with Gasteiger partial charge in [0.05, 0.1) is 25.5 Å². The Balaban J connectivity index is 1.72. The number of ether oxygens (including phenoxy) is 8. The molecule has 14 heteroatoms. The molecule has 1 amide bonds. The molecule has 0 unspecified atom stereocenters. The van der Waals surface area contributed by atoms with Gasteiger partial charge in [-0.05, 0) is 95.4 Å². The summed E-state index contributed by atoms with van der Waals surface area (Å²) in [5, 5.41) is 3.53. The van der Waals surface area contributed by atoms with Gasteiger partial charge in [-0.1, -0.05) is 64.1 Å². The number of hydrogen-bond donors (Lipinski definition) is 1. The molecule has 340 valence electrons. The van der Waals surface area contributed by atoms with Crippen molar-refractivity contribution in [2.45, 2.75) is 136 Å². The molecule has 2 aromatic rings. The zero-order valence-corrected chi connectivity index (χ0v) is 40.0. The van der Waals surface area contributed by atoms with Crippen molar-refractivity contribution in [3.05, 3.63) is 71.3 Å². The Morgan fingerprint density at radius 2 is 1.69 bits per heavy atom. The van der Waals surface area contributed by atoms with Crippen LogP contribution in [-0.4, -0.2) is 103 Å². The fourth-order valence-electron chi connectivity index (χ4n) is 6.52. The molecular weight excluding hydrogens is 797 g/mol. The topological polar surface area (TPSA) is 132 Å². The first-order valence-corrected chi connectivity index (χ1v) is 24.3. The van der Waals surface area contributed by atoms with Crippen LogP contribution in [0.3, 0.4) is 0 Å². The second-order valence-electron chi connectivity index (χ2n) is 18.7. The van der Waals surface area contributed by atoms with E-state index in [1.165, 1.54) is 7.11 Å². The summed E-state index contributed by atoms with van der Waals surface area (Å²) in [4.78, 5) is 29.8. The summed E-state index contributed by atoms with van der Waals surface area (Å²) in [7, 11) is 1.22. The quantitative estimate of drug-likeness (QED) is 0.0602. The van der Waals surface area contributed by atoms with E-state index in [4.69, 9.17) is 42.3 Å². The molecule has 5 atom stereocenters. The van der Waals surface area contributed by atoms with Crippen molar-refractivity contribution in [2.75, 3.05) is 52.2 Å². The van der Waals surface area contributed by atoms with Gasteiger partial charge >= 0.3 is 12.1 Å². The normalized spacial score (nSPS) is 22.1. The average molecular weight is 869 g/mol. The van der Waals surface area contributed by atoms with Gasteiger partial charge in [0.2, 0.25) is 0 Å². The number of hydrogen-bond acceptors (Lipinski definition) is 12. The first-order valence-electron chi connectivity index (χ1n) is 21.3. The highest BCUT2D eigenvalue weighted by atomic mass is 28.4. The van der Waals surface area contributed by atoms with Crippen LogP contribution < -0.4 is 19.7 Å². The van der Waals surface area contributed by atoms with Crippen molar-refractivity contribution in [3.63, 3.8) is 0 Å². The lowest BCUT2D eigenvalue weighted by Crippen LogP contribution is -2.43. The van der Waals surface area contributed by atoms with Gasteiger partial charge in [-0.15, -0.1) is 0 Å². The summed E-state index contributed by atoms with van der Waals surface area (Å²) >= 11 is 0. The molecule has 2 heterocycles. The van der Waals surface area contributed by atoms with Crippen molar-refractivity contribution in [2.24, 2.45) is 5.92 Å². The molecule has 0 saturated carbocycles. The summed E-state index contributed by atoms with van der Waals surface area (Å²) in [6.07, 6.45) is 5.70. The Kier molecular flexibility index (Phi) is 17.6. The summed E-state index contributed by atoms with van der Waals surface area (Å²) in [6.45, 7) is 26.2. The predicted octanol–water partition coefficient (Wildman–Crippen LogP) is 9.29. The van der Waals surface area contributed by atoms with Crippen molar-refractivity contribution in [3.8, 4) is 11.5 Å². The number of amides is 1. The summed E-state index contributed by atoms with van der Waals surface area (Å²) < 4.78 is 54.7. The van der Waals surface area contributed by atoms with Gasteiger partial charge in [0.15, 0.2) is 20.9 Å². The molecule has 0 bridgehead atoms. The second-order valence-corrected chi connectivity index (χ2v) is 23.5. The number of anilines is 1. The SMILES string of the molecule is COCOc1cc(N(CCNCCO[Si](C)(C)C(C)(C)C)C(=O)OC(C)(C)C)cc2c1C(=O)O[C@@H](C)[C@H](C)C=C[C@@H](OCc1ccc(OC)cc1)[C@H]1OC(C)(C)O[C@H]1CC=C2.